The van der Waals surface area contributed by atoms with Crippen LogP contribution in [-0.4, -0.2) is 0 Å². The highest BCUT2D eigenvalue weighted by Crippen LogP contribution is 2.41. The van der Waals surface area contributed by atoms with E-state index in [4.69, 9.17) is 23.2 Å². The average molecular weight is 282 g/mol. The van der Waals surface area contributed by atoms with E-state index in [1.165, 1.54) is 0 Å². The first-order chi connectivity index (χ1) is 8.54. The van der Waals surface area contributed by atoms with Gasteiger partial charge in [0, 0.05) is 0 Å². The van der Waals surface area contributed by atoms with E-state index in [0.717, 1.165) is 43.6 Å². The number of nitrogens with zero attached hydrogens (tertiary/aromatic N) is 1. The molecule has 1 aromatic rings. The molecule has 1 aliphatic carbocycles. The Balaban J connectivity index is 2.15. The zero-order valence-corrected chi connectivity index (χ0v) is 12.1. The van der Waals surface area contributed by atoms with Crippen molar-refractivity contribution in [3.8, 4) is 6.07 Å². The first-order valence-electron chi connectivity index (χ1n) is 6.40. The first kappa shape index (κ1) is 13.7. The minimum atomic E-state index is -0.205. The maximum Gasteiger partial charge on any atom is 0.0693 e. The van der Waals surface area contributed by atoms with Crippen LogP contribution in [0.15, 0.2) is 18.2 Å². The van der Waals surface area contributed by atoms with Crippen LogP contribution in [0, 0.1) is 22.7 Å². The van der Waals surface area contributed by atoms with Gasteiger partial charge in [0.25, 0.3) is 0 Å². The van der Waals surface area contributed by atoms with Crippen LogP contribution < -0.4 is 0 Å². The van der Waals surface area contributed by atoms with Crippen LogP contribution in [0.3, 0.4) is 0 Å². The van der Waals surface area contributed by atoms with E-state index >= 15 is 0 Å². The van der Waals surface area contributed by atoms with Crippen molar-refractivity contribution < 1.29 is 0 Å². The molecule has 1 aromatic carbocycles. The van der Waals surface area contributed by atoms with Gasteiger partial charge in [-0.3, -0.25) is 0 Å². The molecule has 0 aromatic heterocycles. The molecule has 1 nitrogen and oxygen atoms in total. The molecule has 0 bridgehead atoms. The number of nitriles is 1. The second-order valence-corrected chi connectivity index (χ2v) is 6.31. The van der Waals surface area contributed by atoms with E-state index in [1.54, 1.807) is 0 Å². The molecule has 3 heteroatoms. The third kappa shape index (κ3) is 2.99. The minimum Gasteiger partial charge on any atom is -0.198 e. The summed E-state index contributed by atoms with van der Waals surface area (Å²) in [5.41, 5.74) is 0.907. The van der Waals surface area contributed by atoms with Gasteiger partial charge < -0.3 is 0 Å². The van der Waals surface area contributed by atoms with Crippen molar-refractivity contribution in [3.63, 3.8) is 0 Å². The molecule has 96 valence electrons. The van der Waals surface area contributed by atoms with E-state index in [1.807, 2.05) is 18.2 Å². The Labute approximate surface area is 119 Å². The predicted molar refractivity (Wildman–Crippen MR) is 75.8 cm³/mol. The van der Waals surface area contributed by atoms with Gasteiger partial charge in [-0.1, -0.05) is 36.2 Å². The highest BCUT2D eigenvalue weighted by molar-refractivity contribution is 6.42. The molecule has 1 fully saturated rings. The lowest BCUT2D eigenvalue weighted by molar-refractivity contribution is 0.219. The second kappa shape index (κ2) is 5.51. The third-order valence-corrected chi connectivity index (χ3v) is 4.73. The maximum atomic E-state index is 9.50. The van der Waals surface area contributed by atoms with Gasteiger partial charge in [-0.15, -0.1) is 0 Å². The third-order valence-electron chi connectivity index (χ3n) is 4.00. The largest absolute Gasteiger partial charge is 0.198 e. The molecule has 0 heterocycles. The van der Waals surface area contributed by atoms with Crippen molar-refractivity contribution >= 4 is 23.2 Å². The molecule has 2 rings (SSSR count). The molecule has 0 saturated heterocycles. The molecule has 0 aliphatic heterocycles. The van der Waals surface area contributed by atoms with E-state index < -0.39 is 0 Å². The molecule has 0 atom stereocenters. The van der Waals surface area contributed by atoms with Gasteiger partial charge in [0.1, 0.15) is 0 Å². The van der Waals surface area contributed by atoms with Gasteiger partial charge in [0.15, 0.2) is 0 Å². The Hall–Kier alpha value is -0.710. The fourth-order valence-corrected chi connectivity index (χ4v) is 3.00. The summed E-state index contributed by atoms with van der Waals surface area (Å²) in [6, 6.07) is 8.23. The Kier molecular flexibility index (Phi) is 4.20. The summed E-state index contributed by atoms with van der Waals surface area (Å²) < 4.78 is 0. The number of rotatable bonds is 2. The molecule has 1 aliphatic rings. The molecule has 0 unspecified atom stereocenters. The summed E-state index contributed by atoms with van der Waals surface area (Å²) >= 11 is 11.9. The molecule has 18 heavy (non-hydrogen) atoms. The molecule has 1 saturated carbocycles. The fraction of sp³-hybridized carbons (Fsp3) is 0.533. The van der Waals surface area contributed by atoms with Crippen LogP contribution in [0.4, 0.5) is 0 Å². The van der Waals surface area contributed by atoms with Crippen LogP contribution in [0.1, 0.15) is 38.2 Å². The number of halogens is 2. The van der Waals surface area contributed by atoms with Crippen LogP contribution in [-0.2, 0) is 6.42 Å². The topological polar surface area (TPSA) is 23.8 Å². The van der Waals surface area contributed by atoms with Gasteiger partial charge >= 0.3 is 0 Å². The minimum absolute atomic E-state index is 0.205. The van der Waals surface area contributed by atoms with Crippen LogP contribution in [0.2, 0.25) is 10.0 Å². The van der Waals surface area contributed by atoms with Gasteiger partial charge in [-0.2, -0.15) is 5.26 Å². The first-order valence-corrected chi connectivity index (χ1v) is 7.15. The van der Waals surface area contributed by atoms with Crippen molar-refractivity contribution in [1.29, 1.82) is 5.26 Å². The van der Waals surface area contributed by atoms with Gasteiger partial charge in [0.05, 0.1) is 21.5 Å². The quantitative estimate of drug-likeness (QED) is 0.726. The van der Waals surface area contributed by atoms with Crippen LogP contribution in [0.25, 0.3) is 0 Å². The monoisotopic (exact) mass is 281 g/mol. The molecular weight excluding hydrogens is 265 g/mol. The molecule has 0 spiro atoms. The normalized spacial score (nSPS) is 27.8. The van der Waals surface area contributed by atoms with Crippen LogP contribution >= 0.6 is 23.2 Å². The summed E-state index contributed by atoms with van der Waals surface area (Å²) in [5.74, 6) is 0.750. The molecule has 0 radical (unpaired) electrons. The van der Waals surface area contributed by atoms with Crippen molar-refractivity contribution in [2.45, 2.75) is 39.0 Å². The van der Waals surface area contributed by atoms with E-state index in [9.17, 15) is 5.26 Å². The fourth-order valence-electron chi connectivity index (χ4n) is 2.68. The lowest BCUT2D eigenvalue weighted by atomic mass is 9.69. The Morgan fingerprint density at radius 3 is 2.50 bits per heavy atom. The lowest BCUT2D eigenvalue weighted by Gasteiger charge is -2.33. The van der Waals surface area contributed by atoms with Gasteiger partial charge in [0.2, 0.25) is 0 Å². The average Bonchev–Trinajstić information content (AvgIpc) is 2.37. The summed E-state index contributed by atoms with van der Waals surface area (Å²) in [4.78, 5) is 0. The molecule has 0 N–H and O–H groups in total. The highest BCUT2D eigenvalue weighted by atomic mass is 35.5. The Morgan fingerprint density at radius 2 is 1.94 bits per heavy atom. The summed E-state index contributed by atoms with van der Waals surface area (Å²) in [5, 5.41) is 10.7. The van der Waals surface area contributed by atoms with E-state index in [-0.39, 0.29) is 5.41 Å². The van der Waals surface area contributed by atoms with Gasteiger partial charge in [-0.05, 0) is 55.7 Å². The zero-order chi connectivity index (χ0) is 13.2. The lowest BCUT2D eigenvalue weighted by Crippen LogP contribution is -2.27. The van der Waals surface area contributed by atoms with E-state index in [2.05, 4.69) is 13.0 Å². The number of hydrogen-bond acceptors (Lipinski definition) is 1. The van der Waals surface area contributed by atoms with Crippen molar-refractivity contribution in [3.05, 3.63) is 33.8 Å². The smallest absolute Gasteiger partial charge is 0.0693 e. The summed E-state index contributed by atoms with van der Waals surface area (Å²) in [7, 11) is 0. The number of hydrogen-bond donors (Lipinski definition) is 0. The van der Waals surface area contributed by atoms with Crippen LogP contribution in [0.5, 0.6) is 0 Å². The summed E-state index contributed by atoms with van der Waals surface area (Å²) in [6.45, 7) is 2.26. The van der Waals surface area contributed by atoms with E-state index in [0.29, 0.717) is 10.0 Å². The summed E-state index contributed by atoms with van der Waals surface area (Å²) in [6.07, 6.45) is 5.06. The van der Waals surface area contributed by atoms with Crippen molar-refractivity contribution in [1.82, 2.24) is 0 Å². The zero-order valence-electron chi connectivity index (χ0n) is 10.5. The second-order valence-electron chi connectivity index (χ2n) is 5.50. The molecule has 0 amide bonds. The molecular formula is C15H17Cl2N. The Morgan fingerprint density at radius 1 is 1.28 bits per heavy atom. The maximum absolute atomic E-state index is 9.50. The number of benzene rings is 1. The Bertz CT molecular complexity index is 468. The van der Waals surface area contributed by atoms with Crippen molar-refractivity contribution in [2.24, 2.45) is 11.3 Å². The highest BCUT2D eigenvalue weighted by Gasteiger charge is 2.34. The predicted octanol–water partition coefficient (Wildman–Crippen LogP) is 5.26. The standard InChI is InChI=1S/C15H17Cl2N/c1-11-4-6-15(10-18,7-5-11)9-12-2-3-13(16)14(17)8-12/h2-3,8,11H,4-7,9H2,1H3. The van der Waals surface area contributed by atoms with Crippen molar-refractivity contribution in [2.75, 3.05) is 0 Å². The SMILES string of the molecule is CC1CCC(C#N)(Cc2ccc(Cl)c(Cl)c2)CC1. The van der Waals surface area contributed by atoms with Gasteiger partial charge in [-0.25, -0.2) is 0 Å².